The number of β-amino-alcohol motifs (C(OH)–C–C–N with tert-alkyl or cyclic N) is 1. The lowest BCUT2D eigenvalue weighted by Gasteiger charge is -2.37. The first-order chi connectivity index (χ1) is 10.2. The van der Waals surface area contributed by atoms with Crippen LogP contribution in [0.25, 0.3) is 0 Å². The molecule has 1 aromatic carbocycles. The summed E-state index contributed by atoms with van der Waals surface area (Å²) in [6.45, 7) is 3.14. The molecule has 0 saturated carbocycles. The second kappa shape index (κ2) is 8.12. The monoisotopic (exact) mass is 292 g/mol. The number of rotatable bonds is 7. The van der Waals surface area contributed by atoms with Crippen LogP contribution in [-0.4, -0.2) is 53.4 Å². The number of carboxylic acid groups (broad SMARTS) is 1. The predicted octanol–water partition coefficient (Wildman–Crippen LogP) is 0.934. The number of likely N-dealkylation sites (tertiary alicyclic amines) is 1. The molecule has 21 heavy (non-hydrogen) atoms. The molecule has 0 aliphatic carbocycles. The van der Waals surface area contributed by atoms with Crippen LogP contribution < -0.4 is 5.32 Å². The van der Waals surface area contributed by atoms with Gasteiger partial charge < -0.3 is 15.5 Å². The van der Waals surface area contributed by atoms with Crippen LogP contribution in [-0.2, 0) is 11.3 Å². The Labute approximate surface area is 125 Å². The molecule has 0 amide bonds. The summed E-state index contributed by atoms with van der Waals surface area (Å²) < 4.78 is 0. The molecule has 1 aliphatic rings. The molecule has 116 valence electrons. The number of nitrogens with one attached hydrogen (secondary N) is 1. The van der Waals surface area contributed by atoms with Gasteiger partial charge in [0.2, 0.25) is 0 Å². The van der Waals surface area contributed by atoms with Crippen LogP contribution in [0, 0.1) is 5.92 Å². The topological polar surface area (TPSA) is 72.8 Å². The lowest BCUT2D eigenvalue weighted by Crippen LogP contribution is -2.50. The predicted molar refractivity (Wildman–Crippen MR) is 81.0 cm³/mol. The highest BCUT2D eigenvalue weighted by atomic mass is 16.4. The zero-order valence-corrected chi connectivity index (χ0v) is 12.2. The second-order valence-corrected chi connectivity index (χ2v) is 5.75. The second-order valence-electron chi connectivity index (χ2n) is 5.75. The van der Waals surface area contributed by atoms with Crippen LogP contribution in [0.3, 0.4) is 0 Å². The van der Waals surface area contributed by atoms with Crippen LogP contribution in [0.2, 0.25) is 0 Å². The van der Waals surface area contributed by atoms with Gasteiger partial charge >= 0.3 is 5.97 Å². The molecule has 5 heteroatoms. The fourth-order valence-electron chi connectivity index (χ4n) is 3.03. The third-order valence-corrected chi connectivity index (χ3v) is 3.93. The molecule has 2 unspecified atom stereocenters. The number of carboxylic acids is 1. The maximum atomic E-state index is 10.9. The van der Waals surface area contributed by atoms with Crippen molar-refractivity contribution in [2.45, 2.75) is 25.4 Å². The molecule has 5 nitrogen and oxygen atoms in total. The van der Waals surface area contributed by atoms with E-state index in [1.807, 2.05) is 18.2 Å². The van der Waals surface area contributed by atoms with E-state index in [4.69, 9.17) is 10.2 Å². The zero-order valence-electron chi connectivity index (χ0n) is 12.2. The average Bonchev–Trinajstić information content (AvgIpc) is 2.46. The summed E-state index contributed by atoms with van der Waals surface area (Å²) in [6, 6.07) is 10.5. The summed E-state index contributed by atoms with van der Waals surface area (Å²) in [5, 5.41) is 21.6. The summed E-state index contributed by atoms with van der Waals surface area (Å²) in [5.41, 5.74) is 1.23. The lowest BCUT2D eigenvalue weighted by atomic mass is 9.91. The number of aliphatic carboxylic acids is 1. The number of hydrogen-bond acceptors (Lipinski definition) is 4. The molecule has 1 aliphatic heterocycles. The number of benzene rings is 1. The molecule has 0 spiro atoms. The zero-order chi connectivity index (χ0) is 15.1. The maximum absolute atomic E-state index is 10.9. The molecular formula is C16H24N2O3. The highest BCUT2D eigenvalue weighted by Crippen LogP contribution is 2.20. The van der Waals surface area contributed by atoms with Gasteiger partial charge in [-0.25, -0.2) is 0 Å². The quantitative estimate of drug-likeness (QED) is 0.697. The fraction of sp³-hybridized carbons (Fsp3) is 0.562. The van der Waals surface area contributed by atoms with Gasteiger partial charge in [-0.05, 0) is 17.9 Å². The largest absolute Gasteiger partial charge is 0.481 e. The van der Waals surface area contributed by atoms with Crippen molar-refractivity contribution in [3.63, 3.8) is 0 Å². The molecule has 3 N–H and O–H groups in total. The van der Waals surface area contributed by atoms with Gasteiger partial charge in [-0.15, -0.1) is 0 Å². The Kier molecular flexibility index (Phi) is 6.17. The van der Waals surface area contributed by atoms with Crippen LogP contribution in [0.4, 0.5) is 0 Å². The molecule has 1 saturated heterocycles. The van der Waals surface area contributed by atoms with Gasteiger partial charge in [-0.1, -0.05) is 30.3 Å². The fourth-order valence-corrected chi connectivity index (χ4v) is 3.03. The molecule has 0 radical (unpaired) electrons. The maximum Gasteiger partial charge on any atom is 0.303 e. The third kappa shape index (κ3) is 5.46. The van der Waals surface area contributed by atoms with Crippen molar-refractivity contribution in [1.82, 2.24) is 10.2 Å². The normalized spacial score (nSPS) is 23.1. The van der Waals surface area contributed by atoms with E-state index in [9.17, 15) is 4.79 Å². The van der Waals surface area contributed by atoms with Gasteiger partial charge in [-0.2, -0.15) is 0 Å². The first-order valence-electron chi connectivity index (χ1n) is 7.49. The van der Waals surface area contributed by atoms with E-state index in [2.05, 4.69) is 22.3 Å². The van der Waals surface area contributed by atoms with Crippen molar-refractivity contribution >= 4 is 5.97 Å². The van der Waals surface area contributed by atoms with Gasteiger partial charge in [0.25, 0.3) is 0 Å². The van der Waals surface area contributed by atoms with Gasteiger partial charge in [0.15, 0.2) is 0 Å². The van der Waals surface area contributed by atoms with Gasteiger partial charge in [0.05, 0.1) is 6.61 Å². The Morgan fingerprint density at radius 1 is 1.29 bits per heavy atom. The van der Waals surface area contributed by atoms with Gasteiger partial charge in [-0.3, -0.25) is 9.69 Å². The summed E-state index contributed by atoms with van der Waals surface area (Å²) in [4.78, 5) is 13.1. The van der Waals surface area contributed by atoms with E-state index in [0.29, 0.717) is 6.54 Å². The van der Waals surface area contributed by atoms with Crippen LogP contribution >= 0.6 is 0 Å². The number of aliphatic hydroxyl groups excluding tert-OH is 1. The van der Waals surface area contributed by atoms with Crippen molar-refractivity contribution in [2.75, 3.05) is 26.2 Å². The van der Waals surface area contributed by atoms with E-state index in [0.717, 1.165) is 26.1 Å². The minimum atomic E-state index is -0.743. The van der Waals surface area contributed by atoms with Crippen molar-refractivity contribution in [2.24, 2.45) is 5.92 Å². The summed E-state index contributed by atoms with van der Waals surface area (Å²) in [5.74, 6) is -0.594. The van der Waals surface area contributed by atoms with Crippen LogP contribution in [0.1, 0.15) is 18.4 Å². The van der Waals surface area contributed by atoms with Gasteiger partial charge in [0.1, 0.15) is 0 Å². The Hall–Kier alpha value is -1.43. The highest BCUT2D eigenvalue weighted by molar-refractivity contribution is 5.67. The van der Waals surface area contributed by atoms with Crippen LogP contribution in [0.15, 0.2) is 30.3 Å². The average molecular weight is 292 g/mol. The Morgan fingerprint density at radius 2 is 2.05 bits per heavy atom. The minimum Gasteiger partial charge on any atom is -0.481 e. The molecule has 2 atom stereocenters. The molecular weight excluding hydrogens is 268 g/mol. The number of nitrogens with zero attached hydrogens (tertiary/aromatic N) is 1. The first-order valence-corrected chi connectivity index (χ1v) is 7.49. The van der Waals surface area contributed by atoms with E-state index in [1.165, 1.54) is 5.56 Å². The molecule has 0 aromatic heterocycles. The molecule has 1 aromatic rings. The number of hydrogen-bond donors (Lipinski definition) is 3. The van der Waals surface area contributed by atoms with E-state index in [-0.39, 0.29) is 25.0 Å². The molecule has 0 bridgehead atoms. The lowest BCUT2D eigenvalue weighted by molar-refractivity contribution is -0.138. The Morgan fingerprint density at radius 3 is 2.71 bits per heavy atom. The highest BCUT2D eigenvalue weighted by Gasteiger charge is 2.28. The Bertz CT molecular complexity index is 438. The number of aliphatic hydroxyl groups is 1. The van der Waals surface area contributed by atoms with E-state index < -0.39 is 5.97 Å². The third-order valence-electron chi connectivity index (χ3n) is 3.93. The number of carbonyl (C=O) groups is 1. The summed E-state index contributed by atoms with van der Waals surface area (Å²) in [6.07, 6.45) is 1.08. The van der Waals surface area contributed by atoms with Crippen LogP contribution in [0.5, 0.6) is 0 Å². The molecule has 2 rings (SSSR count). The standard InChI is InChI=1S/C16H24N2O3/c19-7-6-18-11-14(9-16(20)21)8-15(12-18)17-10-13-4-2-1-3-5-13/h1-5,14-15,17,19H,6-12H2,(H,20,21). The number of piperidine rings is 1. The minimum absolute atomic E-state index is 0.116. The van der Waals surface area contributed by atoms with Crippen molar-refractivity contribution in [3.8, 4) is 0 Å². The smallest absolute Gasteiger partial charge is 0.303 e. The summed E-state index contributed by atoms with van der Waals surface area (Å²) in [7, 11) is 0. The van der Waals surface area contributed by atoms with Crippen molar-refractivity contribution in [1.29, 1.82) is 0 Å². The van der Waals surface area contributed by atoms with Crippen molar-refractivity contribution in [3.05, 3.63) is 35.9 Å². The molecule has 1 fully saturated rings. The Balaban J connectivity index is 1.88. The van der Waals surface area contributed by atoms with E-state index >= 15 is 0 Å². The SMILES string of the molecule is O=C(O)CC1CC(NCc2ccccc2)CN(CCO)C1. The molecule has 1 heterocycles. The van der Waals surface area contributed by atoms with Crippen molar-refractivity contribution < 1.29 is 15.0 Å². The summed E-state index contributed by atoms with van der Waals surface area (Å²) >= 11 is 0. The van der Waals surface area contributed by atoms with E-state index in [1.54, 1.807) is 0 Å². The first kappa shape index (κ1) is 15.9. The van der Waals surface area contributed by atoms with Gasteiger partial charge in [0, 0.05) is 38.6 Å².